The first kappa shape index (κ1) is 42.4. The summed E-state index contributed by atoms with van der Waals surface area (Å²) in [5.41, 5.74) is -0.0185. The van der Waals surface area contributed by atoms with Gasteiger partial charge in [0.15, 0.2) is 18.7 Å². The predicted octanol–water partition coefficient (Wildman–Crippen LogP) is 2.97. The molecule has 2 saturated heterocycles. The van der Waals surface area contributed by atoms with Gasteiger partial charge in [-0.2, -0.15) is 0 Å². The fourth-order valence-electron chi connectivity index (χ4n) is 13.7. The zero-order chi connectivity index (χ0) is 41.1. The van der Waals surface area contributed by atoms with Crippen LogP contribution in [0.25, 0.3) is 0 Å². The van der Waals surface area contributed by atoms with E-state index in [9.17, 15) is 50.4 Å². The minimum absolute atomic E-state index is 0.0231. The van der Waals surface area contributed by atoms with Crippen molar-refractivity contribution in [3.8, 4) is 0 Å². The number of allylic oxidation sites excluding steroid dienone is 2. The first-order chi connectivity index (χ1) is 26.0. The first-order valence-corrected chi connectivity index (χ1v) is 20.8. The topological polar surface area (TPSA) is 233 Å². The van der Waals surface area contributed by atoms with E-state index >= 15 is 0 Å². The van der Waals surface area contributed by atoms with Gasteiger partial charge in [-0.3, -0.25) is 4.79 Å². The summed E-state index contributed by atoms with van der Waals surface area (Å²) < 4.78 is 23.5. The van der Waals surface area contributed by atoms with Crippen LogP contribution in [0.2, 0.25) is 0 Å². The Bertz CT molecular complexity index is 1560. The van der Waals surface area contributed by atoms with E-state index in [1.807, 2.05) is 0 Å². The molecule has 0 aromatic heterocycles. The average molecular weight is 795 g/mol. The number of carboxylic acid groups (broad SMARTS) is 2. The molecule has 0 radical (unpaired) electrons. The van der Waals surface area contributed by atoms with Crippen LogP contribution < -0.4 is 0 Å². The van der Waals surface area contributed by atoms with Gasteiger partial charge in [-0.05, 0) is 109 Å². The highest BCUT2D eigenvalue weighted by Gasteiger charge is 2.69. The van der Waals surface area contributed by atoms with Crippen LogP contribution in [0.4, 0.5) is 0 Å². The summed E-state index contributed by atoms with van der Waals surface area (Å²) in [7, 11) is 0. The van der Waals surface area contributed by atoms with Crippen molar-refractivity contribution in [2.75, 3.05) is 6.61 Å². The Morgan fingerprint density at radius 1 is 0.750 bits per heavy atom. The van der Waals surface area contributed by atoms with E-state index in [-0.39, 0.29) is 33.5 Å². The van der Waals surface area contributed by atoms with Gasteiger partial charge < -0.3 is 59.8 Å². The van der Waals surface area contributed by atoms with Crippen LogP contribution in [0.3, 0.4) is 0 Å². The SMILES string of the molecule is CC1(C)CC[C@]2(C(=O)O)CC[C@]3(C)C(=CCC4[C@@]5(C)CC[C@H](O[C@H]6O[C@H](C(=O)O)[C@@H](O)[C@H](O[C@@H]7O[C@H](CO)[C@H](O)[C@H](O)[C@H]7O)[C@H]6O)C(C)(C)C5CC[C@]43C)[C@@H]2C1. The molecule has 2 aliphatic heterocycles. The highest BCUT2D eigenvalue weighted by atomic mass is 16.7. The molecule has 18 atom stereocenters. The van der Waals surface area contributed by atoms with E-state index < -0.39 is 96.9 Å². The van der Waals surface area contributed by atoms with E-state index in [0.29, 0.717) is 18.8 Å². The first-order valence-electron chi connectivity index (χ1n) is 20.8. The zero-order valence-electron chi connectivity index (χ0n) is 34.0. The van der Waals surface area contributed by atoms with Crippen LogP contribution in [0.15, 0.2) is 11.6 Å². The summed E-state index contributed by atoms with van der Waals surface area (Å²) in [5.74, 6) is -1.64. The Labute approximate surface area is 329 Å². The minimum Gasteiger partial charge on any atom is -0.481 e. The Morgan fingerprint density at radius 3 is 2.05 bits per heavy atom. The van der Waals surface area contributed by atoms with Crippen LogP contribution in [0.1, 0.15) is 113 Å². The molecule has 0 aromatic carbocycles. The third-order valence-corrected chi connectivity index (χ3v) is 17.2. The molecule has 14 nitrogen and oxygen atoms in total. The number of ether oxygens (including phenoxy) is 4. The van der Waals surface area contributed by atoms with Gasteiger partial charge in [0.1, 0.15) is 42.7 Å². The van der Waals surface area contributed by atoms with Crippen LogP contribution in [-0.4, -0.2) is 127 Å². The second-order valence-corrected chi connectivity index (χ2v) is 20.7. The Morgan fingerprint density at radius 2 is 1.41 bits per heavy atom. The Hall–Kier alpha value is -1.72. The van der Waals surface area contributed by atoms with Crippen molar-refractivity contribution in [3.05, 3.63) is 11.6 Å². The van der Waals surface area contributed by atoms with Gasteiger partial charge in [-0.25, -0.2) is 4.79 Å². The van der Waals surface area contributed by atoms with E-state index in [4.69, 9.17) is 18.9 Å². The minimum atomic E-state index is -1.93. The molecule has 0 aromatic rings. The van der Waals surface area contributed by atoms with Gasteiger partial charge in [-0.1, -0.05) is 60.1 Å². The molecule has 6 fully saturated rings. The van der Waals surface area contributed by atoms with Gasteiger partial charge in [0.05, 0.1) is 18.1 Å². The Kier molecular flexibility index (Phi) is 10.8. The lowest BCUT2D eigenvalue weighted by molar-refractivity contribution is -0.365. The maximum atomic E-state index is 13.0. The van der Waals surface area contributed by atoms with E-state index in [2.05, 4.69) is 54.5 Å². The zero-order valence-corrected chi connectivity index (χ0v) is 34.0. The molecule has 0 amide bonds. The van der Waals surface area contributed by atoms with E-state index in [1.165, 1.54) is 5.57 Å². The summed E-state index contributed by atoms with van der Waals surface area (Å²) in [6, 6.07) is 0. The van der Waals surface area contributed by atoms with Gasteiger partial charge in [0, 0.05) is 0 Å². The average Bonchev–Trinajstić information content (AvgIpc) is 3.11. The van der Waals surface area contributed by atoms with Crippen molar-refractivity contribution >= 4 is 11.9 Å². The van der Waals surface area contributed by atoms with Crippen molar-refractivity contribution in [3.63, 3.8) is 0 Å². The summed E-state index contributed by atoms with van der Waals surface area (Å²) in [6.07, 6.45) is -7.02. The molecule has 0 spiro atoms. The van der Waals surface area contributed by atoms with Gasteiger partial charge in [0.2, 0.25) is 0 Å². The van der Waals surface area contributed by atoms with Crippen molar-refractivity contribution < 1.29 is 69.4 Å². The number of fused-ring (bicyclic) bond motifs is 7. The third-order valence-electron chi connectivity index (χ3n) is 17.2. The van der Waals surface area contributed by atoms with Crippen LogP contribution >= 0.6 is 0 Å². The standard InChI is InChI=1S/C42H66O14/c1-37(2)14-16-42(36(51)52)17-15-40(6)20(21(42)18-37)8-9-24-39(5)12-11-25(38(3,4)23(39)10-13-41(24,40)7)54-35-30(48)31(29(47)32(56-35)33(49)50)55-34-28(46)27(45)26(44)22(19-43)53-34/h8,21-32,34-35,43-48H,9-19H2,1-7H3,(H,49,50)(H,51,52)/t21-,22+,23?,24?,25-,26-,27-,28+,29-,30+,31-,32-,34-,35-,39-,40+,41+,42-/m0/s1. The predicted molar refractivity (Wildman–Crippen MR) is 198 cm³/mol. The second kappa shape index (κ2) is 14.2. The maximum absolute atomic E-state index is 13.0. The number of hydrogen-bond acceptors (Lipinski definition) is 12. The number of aliphatic hydroxyl groups is 6. The van der Waals surface area contributed by atoms with Gasteiger partial charge in [0.25, 0.3) is 0 Å². The van der Waals surface area contributed by atoms with Crippen molar-refractivity contribution in [1.82, 2.24) is 0 Å². The molecule has 4 saturated carbocycles. The number of rotatable bonds is 7. The second-order valence-electron chi connectivity index (χ2n) is 20.7. The number of carbonyl (C=O) groups is 2. The molecule has 7 aliphatic rings. The number of hydrogen-bond donors (Lipinski definition) is 8. The van der Waals surface area contributed by atoms with Crippen molar-refractivity contribution in [1.29, 1.82) is 0 Å². The van der Waals surface area contributed by atoms with Gasteiger partial charge >= 0.3 is 11.9 Å². The molecule has 14 heteroatoms. The molecule has 7 rings (SSSR count). The van der Waals surface area contributed by atoms with Gasteiger partial charge in [-0.15, -0.1) is 0 Å². The number of aliphatic carboxylic acids is 2. The lowest BCUT2D eigenvalue weighted by Crippen LogP contribution is -2.67. The normalized spacial score (nSPS) is 52.3. The molecular weight excluding hydrogens is 728 g/mol. The molecule has 2 heterocycles. The quantitative estimate of drug-likeness (QED) is 0.137. The van der Waals surface area contributed by atoms with Crippen molar-refractivity contribution in [2.45, 2.75) is 180 Å². The Balaban J connectivity index is 1.13. The number of carboxylic acids is 2. The molecule has 8 N–H and O–H groups in total. The molecule has 56 heavy (non-hydrogen) atoms. The fourth-order valence-corrected chi connectivity index (χ4v) is 13.7. The van der Waals surface area contributed by atoms with E-state index in [1.54, 1.807) is 0 Å². The monoisotopic (exact) mass is 794 g/mol. The largest absolute Gasteiger partial charge is 0.481 e. The third kappa shape index (κ3) is 6.17. The van der Waals surface area contributed by atoms with Crippen LogP contribution in [-0.2, 0) is 28.5 Å². The lowest BCUT2D eigenvalue weighted by Gasteiger charge is -2.71. The van der Waals surface area contributed by atoms with E-state index in [0.717, 1.165) is 51.4 Å². The smallest absolute Gasteiger partial charge is 0.335 e. The lowest BCUT2D eigenvalue weighted by atomic mass is 9.33. The summed E-state index contributed by atoms with van der Waals surface area (Å²) in [6.45, 7) is 15.4. The number of aliphatic hydroxyl groups excluding tert-OH is 6. The molecule has 5 aliphatic carbocycles. The molecule has 0 bridgehead atoms. The summed E-state index contributed by atoms with van der Waals surface area (Å²) >= 11 is 0. The van der Waals surface area contributed by atoms with Crippen molar-refractivity contribution in [2.24, 2.45) is 50.2 Å². The fraction of sp³-hybridized carbons (Fsp3) is 0.905. The summed E-state index contributed by atoms with van der Waals surface area (Å²) in [4.78, 5) is 25.4. The highest BCUT2D eigenvalue weighted by Crippen LogP contribution is 2.76. The molecule has 2 unspecified atom stereocenters. The maximum Gasteiger partial charge on any atom is 0.335 e. The van der Waals surface area contributed by atoms with Crippen LogP contribution in [0.5, 0.6) is 0 Å². The molecular formula is C42H66O14. The van der Waals surface area contributed by atoms with Crippen LogP contribution in [0, 0.1) is 50.2 Å². The highest BCUT2D eigenvalue weighted by molar-refractivity contribution is 5.76. The molecule has 318 valence electrons. The summed E-state index contributed by atoms with van der Waals surface area (Å²) in [5, 5.41) is 84.1.